The maximum absolute atomic E-state index is 12.7. The lowest BCUT2D eigenvalue weighted by atomic mass is 10.2. The van der Waals surface area contributed by atoms with Gasteiger partial charge in [-0.15, -0.1) is 0 Å². The van der Waals surface area contributed by atoms with Crippen LogP contribution in [0.2, 0.25) is 0 Å². The molecule has 9 heteroatoms. The van der Waals surface area contributed by atoms with Gasteiger partial charge in [0, 0.05) is 10.7 Å². The summed E-state index contributed by atoms with van der Waals surface area (Å²) in [6.45, 7) is 0. The molecular weight excluding hydrogens is 357 g/mol. The van der Waals surface area contributed by atoms with Gasteiger partial charge in [0.15, 0.2) is 0 Å². The molecule has 0 fully saturated rings. The van der Waals surface area contributed by atoms with Crippen LogP contribution in [0.3, 0.4) is 0 Å². The van der Waals surface area contributed by atoms with Crippen LogP contribution >= 0.6 is 27.7 Å². The molecule has 106 valence electrons. The Kier molecular flexibility index (Phi) is 4.51. The summed E-state index contributed by atoms with van der Waals surface area (Å²) in [4.78, 5) is 8.02. The van der Waals surface area contributed by atoms with Crippen LogP contribution in [0.25, 0.3) is 0 Å². The number of hydrazine groups is 1. The minimum absolute atomic E-state index is 0.0561. The average Bonchev–Trinajstić information content (AvgIpc) is 2.40. The highest BCUT2D eigenvalue weighted by molar-refractivity contribution is 9.10. The Balaban J connectivity index is 2.33. The summed E-state index contributed by atoms with van der Waals surface area (Å²) in [6, 6.07) is 5.21. The monoisotopic (exact) mass is 364 g/mol. The van der Waals surface area contributed by atoms with Crippen molar-refractivity contribution in [2.24, 2.45) is 5.84 Å². The van der Waals surface area contributed by atoms with E-state index in [1.165, 1.54) is 0 Å². The zero-order valence-electron chi connectivity index (χ0n) is 9.78. The van der Waals surface area contributed by atoms with Crippen molar-refractivity contribution >= 4 is 33.5 Å². The fourth-order valence-corrected chi connectivity index (χ4v) is 2.35. The Bertz CT molecular complexity index is 604. The van der Waals surface area contributed by atoms with Crippen molar-refractivity contribution in [1.29, 1.82) is 0 Å². The zero-order chi connectivity index (χ0) is 14.8. The number of nitrogens with zero attached hydrogens (tertiary/aromatic N) is 2. The highest BCUT2D eigenvalue weighted by Gasteiger charge is 2.31. The Hall–Kier alpha value is -1.32. The van der Waals surface area contributed by atoms with Crippen molar-refractivity contribution in [2.45, 2.75) is 16.2 Å². The maximum atomic E-state index is 12.7. The fourth-order valence-electron chi connectivity index (χ4n) is 1.32. The Morgan fingerprint density at radius 3 is 2.50 bits per heavy atom. The van der Waals surface area contributed by atoms with Crippen LogP contribution in [0.15, 0.2) is 45.0 Å². The predicted molar refractivity (Wildman–Crippen MR) is 73.1 cm³/mol. The van der Waals surface area contributed by atoms with Crippen molar-refractivity contribution in [3.63, 3.8) is 0 Å². The van der Waals surface area contributed by atoms with E-state index in [1.54, 1.807) is 18.3 Å². The largest absolute Gasteiger partial charge is 0.416 e. The van der Waals surface area contributed by atoms with Crippen molar-refractivity contribution in [3.8, 4) is 0 Å². The van der Waals surface area contributed by atoms with Gasteiger partial charge in [0.05, 0.1) is 5.56 Å². The molecule has 0 aliphatic carbocycles. The van der Waals surface area contributed by atoms with E-state index in [0.717, 1.165) is 28.4 Å². The Morgan fingerprint density at radius 1 is 1.20 bits per heavy atom. The average molecular weight is 365 g/mol. The van der Waals surface area contributed by atoms with E-state index < -0.39 is 11.7 Å². The number of alkyl halides is 3. The number of halogens is 4. The van der Waals surface area contributed by atoms with Crippen LogP contribution in [-0.2, 0) is 6.18 Å². The lowest BCUT2D eigenvalue weighted by Crippen LogP contribution is -2.12. The quantitative estimate of drug-likeness (QED) is 0.642. The van der Waals surface area contributed by atoms with Crippen LogP contribution in [0.4, 0.5) is 19.0 Å². The summed E-state index contributed by atoms with van der Waals surface area (Å²) in [5.74, 6) is 5.08. The molecule has 0 unspecified atom stereocenters. The first kappa shape index (κ1) is 15.1. The summed E-state index contributed by atoms with van der Waals surface area (Å²) >= 11 is 4.25. The molecule has 0 aromatic carbocycles. The van der Waals surface area contributed by atoms with Gasteiger partial charge in [-0.1, -0.05) is 11.8 Å². The smallest absolute Gasteiger partial charge is 0.308 e. The molecule has 0 amide bonds. The van der Waals surface area contributed by atoms with Crippen molar-refractivity contribution in [3.05, 3.63) is 40.5 Å². The number of hydrogen-bond acceptors (Lipinski definition) is 5. The molecule has 3 N–H and O–H groups in total. The molecule has 0 saturated heterocycles. The highest BCUT2D eigenvalue weighted by Crippen LogP contribution is 2.34. The van der Waals surface area contributed by atoms with E-state index >= 15 is 0 Å². The standard InChI is InChI=1S/C11H8BrF3N4S/c12-7-1-2-9(17-5-7)20-10-4-6(11(13,14)15)3-8(18-10)19-16/h1-5H,16H2,(H,18,19). The molecular formula is C11H8BrF3N4S. The number of hydrogen-bond donors (Lipinski definition) is 2. The second-order valence-electron chi connectivity index (χ2n) is 3.64. The molecule has 0 radical (unpaired) electrons. The van der Waals surface area contributed by atoms with E-state index in [4.69, 9.17) is 5.84 Å². The SMILES string of the molecule is NNc1cc(C(F)(F)F)cc(Sc2ccc(Br)cn2)n1. The number of nitrogens with two attached hydrogens (primary N) is 1. The molecule has 2 aromatic heterocycles. The highest BCUT2D eigenvalue weighted by atomic mass is 79.9. The van der Waals surface area contributed by atoms with Crippen LogP contribution in [0.5, 0.6) is 0 Å². The van der Waals surface area contributed by atoms with Crippen LogP contribution in [0, 0.1) is 0 Å². The fraction of sp³-hybridized carbons (Fsp3) is 0.0909. The molecule has 0 saturated carbocycles. The molecule has 20 heavy (non-hydrogen) atoms. The third-order valence-corrected chi connectivity index (χ3v) is 3.52. The minimum Gasteiger partial charge on any atom is -0.308 e. The zero-order valence-corrected chi connectivity index (χ0v) is 12.2. The van der Waals surface area contributed by atoms with Gasteiger partial charge in [-0.2, -0.15) is 13.2 Å². The third-order valence-electron chi connectivity index (χ3n) is 2.19. The lowest BCUT2D eigenvalue weighted by Gasteiger charge is -2.10. The summed E-state index contributed by atoms with van der Waals surface area (Å²) in [5.41, 5.74) is 1.30. The third kappa shape index (κ3) is 3.84. The molecule has 0 spiro atoms. The molecule has 2 rings (SSSR count). The first-order valence-corrected chi connectivity index (χ1v) is 6.85. The van der Waals surface area contributed by atoms with Gasteiger partial charge in [-0.05, 0) is 40.2 Å². The number of rotatable bonds is 3. The summed E-state index contributed by atoms with van der Waals surface area (Å²) in [6.07, 6.45) is -2.91. The summed E-state index contributed by atoms with van der Waals surface area (Å²) < 4.78 is 39.0. The van der Waals surface area contributed by atoms with Gasteiger partial charge < -0.3 is 5.43 Å². The molecule has 0 aliphatic rings. The lowest BCUT2D eigenvalue weighted by molar-refractivity contribution is -0.137. The maximum Gasteiger partial charge on any atom is 0.416 e. The molecule has 0 aliphatic heterocycles. The summed E-state index contributed by atoms with van der Waals surface area (Å²) in [7, 11) is 0. The van der Waals surface area contributed by atoms with Gasteiger partial charge >= 0.3 is 6.18 Å². The molecule has 0 atom stereocenters. The van der Waals surface area contributed by atoms with Gasteiger partial charge in [-0.3, -0.25) is 0 Å². The van der Waals surface area contributed by atoms with Crippen LogP contribution in [0.1, 0.15) is 5.56 Å². The van der Waals surface area contributed by atoms with Gasteiger partial charge in [0.2, 0.25) is 0 Å². The first-order chi connectivity index (χ1) is 9.38. The number of pyridine rings is 2. The number of aromatic nitrogens is 2. The minimum atomic E-state index is -4.46. The second-order valence-corrected chi connectivity index (χ2v) is 5.59. The van der Waals surface area contributed by atoms with Crippen molar-refractivity contribution < 1.29 is 13.2 Å². The number of nitrogens with one attached hydrogen (secondary N) is 1. The van der Waals surface area contributed by atoms with Crippen LogP contribution in [-0.4, -0.2) is 9.97 Å². The topological polar surface area (TPSA) is 63.8 Å². The molecule has 4 nitrogen and oxygen atoms in total. The van der Waals surface area contributed by atoms with Crippen molar-refractivity contribution in [2.75, 3.05) is 5.43 Å². The Labute approximate surface area is 125 Å². The van der Waals surface area contributed by atoms with Gasteiger partial charge in [-0.25, -0.2) is 15.8 Å². The van der Waals surface area contributed by atoms with Gasteiger partial charge in [0.1, 0.15) is 15.9 Å². The summed E-state index contributed by atoms with van der Waals surface area (Å²) in [5, 5.41) is 0.686. The Morgan fingerprint density at radius 2 is 1.95 bits per heavy atom. The van der Waals surface area contributed by atoms with E-state index in [9.17, 15) is 13.2 Å². The second kappa shape index (κ2) is 5.98. The molecule has 0 bridgehead atoms. The normalized spacial score (nSPS) is 11.4. The van der Waals surface area contributed by atoms with E-state index in [2.05, 4.69) is 31.3 Å². The van der Waals surface area contributed by atoms with E-state index in [0.29, 0.717) is 5.03 Å². The number of nitrogen functional groups attached to an aromatic ring is 1. The molecule has 2 heterocycles. The number of anilines is 1. The van der Waals surface area contributed by atoms with Crippen LogP contribution < -0.4 is 11.3 Å². The van der Waals surface area contributed by atoms with E-state index in [-0.39, 0.29) is 10.8 Å². The van der Waals surface area contributed by atoms with Crippen molar-refractivity contribution in [1.82, 2.24) is 9.97 Å². The predicted octanol–water partition coefficient (Wildman–Crippen LogP) is 3.69. The van der Waals surface area contributed by atoms with Gasteiger partial charge in [0.25, 0.3) is 0 Å². The van der Waals surface area contributed by atoms with E-state index in [1.807, 2.05) is 0 Å². The first-order valence-electron chi connectivity index (χ1n) is 5.24. The molecule has 2 aromatic rings.